The molecule has 38 heavy (non-hydrogen) atoms. The summed E-state index contributed by atoms with van der Waals surface area (Å²) < 4.78 is 12.1. The first-order chi connectivity index (χ1) is 17.5. The fourth-order valence-corrected chi connectivity index (χ4v) is 14.0. The van der Waals surface area contributed by atoms with Gasteiger partial charge in [-0.05, 0) is 134 Å². The Hall–Kier alpha value is -1.84. The van der Waals surface area contributed by atoms with Crippen molar-refractivity contribution in [2.24, 2.45) is 43.3 Å². The van der Waals surface area contributed by atoms with Gasteiger partial charge in [-0.1, -0.05) is 41.5 Å². The van der Waals surface area contributed by atoms with Crippen molar-refractivity contribution < 1.29 is 19.1 Å². The SMILES string of the molecule is CC12CC3(C)CC(C)(C1)CC(C(=O)Oc1ccc(OC(=O)C45CC6(C)CC(C)(CC(C)(C6)C4)C5)cc1)(C2)C3. The van der Waals surface area contributed by atoms with Gasteiger partial charge in [0, 0.05) is 0 Å². The number of ether oxygens (including phenoxy) is 2. The zero-order chi connectivity index (χ0) is 27.0. The van der Waals surface area contributed by atoms with Gasteiger partial charge in [-0.25, -0.2) is 0 Å². The monoisotopic (exact) mass is 518 g/mol. The molecule has 0 saturated heterocycles. The predicted molar refractivity (Wildman–Crippen MR) is 147 cm³/mol. The van der Waals surface area contributed by atoms with E-state index in [0.717, 1.165) is 38.5 Å². The van der Waals surface area contributed by atoms with E-state index in [1.165, 1.54) is 38.5 Å². The molecule has 0 aromatic heterocycles. The van der Waals surface area contributed by atoms with Crippen molar-refractivity contribution in [1.29, 1.82) is 0 Å². The smallest absolute Gasteiger partial charge is 0.317 e. The van der Waals surface area contributed by atoms with E-state index in [-0.39, 0.29) is 55.3 Å². The third-order valence-corrected chi connectivity index (χ3v) is 11.8. The molecule has 0 heterocycles. The summed E-state index contributed by atoms with van der Waals surface area (Å²) in [6.07, 6.45) is 13.0. The Kier molecular flexibility index (Phi) is 4.68. The van der Waals surface area contributed by atoms with E-state index < -0.39 is 0 Å². The maximum atomic E-state index is 13.7. The lowest BCUT2D eigenvalue weighted by atomic mass is 9.36. The maximum Gasteiger partial charge on any atom is 0.317 e. The molecule has 4 heteroatoms. The molecule has 8 aliphatic rings. The molecule has 8 aliphatic carbocycles. The van der Waals surface area contributed by atoms with Crippen LogP contribution >= 0.6 is 0 Å². The molecule has 1 aromatic carbocycles. The number of hydrogen-bond donors (Lipinski definition) is 0. The van der Waals surface area contributed by atoms with E-state index >= 15 is 0 Å². The summed E-state index contributed by atoms with van der Waals surface area (Å²) in [5, 5.41) is 0. The average Bonchev–Trinajstić information content (AvgIpc) is 2.68. The summed E-state index contributed by atoms with van der Waals surface area (Å²) in [5.74, 6) is 0.975. The van der Waals surface area contributed by atoms with Gasteiger partial charge in [-0.3, -0.25) is 9.59 Å². The van der Waals surface area contributed by atoms with E-state index in [1.54, 1.807) is 24.3 Å². The molecule has 206 valence electrons. The summed E-state index contributed by atoms with van der Waals surface area (Å²) in [6.45, 7) is 14.3. The highest BCUT2D eigenvalue weighted by atomic mass is 16.5. The molecule has 1 aromatic rings. The zero-order valence-corrected chi connectivity index (χ0v) is 24.4. The largest absolute Gasteiger partial charge is 0.426 e. The number of hydrogen-bond acceptors (Lipinski definition) is 4. The Bertz CT molecular complexity index is 1020. The van der Waals surface area contributed by atoms with Crippen LogP contribution in [-0.2, 0) is 9.59 Å². The minimum absolute atomic E-state index is 0.0617. The molecule has 0 radical (unpaired) electrons. The predicted octanol–water partition coefficient (Wildman–Crippen LogP) is 8.27. The lowest BCUT2D eigenvalue weighted by molar-refractivity contribution is -0.202. The molecule has 0 amide bonds. The van der Waals surface area contributed by atoms with Gasteiger partial charge in [0.05, 0.1) is 10.8 Å². The molecule has 8 fully saturated rings. The van der Waals surface area contributed by atoms with Crippen LogP contribution < -0.4 is 9.47 Å². The maximum absolute atomic E-state index is 13.7. The normalized spacial score (nSPS) is 51.7. The molecule has 4 nitrogen and oxygen atoms in total. The number of rotatable bonds is 4. The van der Waals surface area contributed by atoms with Crippen LogP contribution in [0.2, 0.25) is 0 Å². The van der Waals surface area contributed by atoms with Crippen LogP contribution in [0.1, 0.15) is 119 Å². The third-order valence-electron chi connectivity index (χ3n) is 11.8. The second-order valence-corrected chi connectivity index (χ2v) is 17.8. The molecule has 0 aliphatic heterocycles. The lowest BCUT2D eigenvalue weighted by Crippen LogP contribution is -2.61. The first-order valence-electron chi connectivity index (χ1n) is 15.0. The van der Waals surface area contributed by atoms with Crippen LogP contribution in [0.3, 0.4) is 0 Å². The molecule has 9 rings (SSSR count). The Morgan fingerprint density at radius 3 is 0.868 bits per heavy atom. The van der Waals surface area contributed by atoms with Gasteiger partial charge in [0.2, 0.25) is 0 Å². The van der Waals surface area contributed by atoms with Crippen molar-refractivity contribution in [2.75, 3.05) is 0 Å². The molecule has 0 spiro atoms. The minimum atomic E-state index is -0.376. The fraction of sp³-hybridized carbons (Fsp3) is 0.765. The van der Waals surface area contributed by atoms with Crippen molar-refractivity contribution in [3.63, 3.8) is 0 Å². The number of esters is 2. The molecular weight excluding hydrogens is 472 g/mol. The topological polar surface area (TPSA) is 52.6 Å². The van der Waals surface area contributed by atoms with Crippen molar-refractivity contribution in [3.8, 4) is 11.5 Å². The first kappa shape index (κ1) is 25.1. The van der Waals surface area contributed by atoms with Gasteiger partial charge in [-0.2, -0.15) is 0 Å². The zero-order valence-electron chi connectivity index (χ0n) is 24.4. The second-order valence-electron chi connectivity index (χ2n) is 17.8. The lowest BCUT2D eigenvalue weighted by Gasteiger charge is -2.68. The van der Waals surface area contributed by atoms with Crippen LogP contribution in [0.15, 0.2) is 24.3 Å². The summed E-state index contributed by atoms with van der Waals surface area (Å²) in [5.41, 5.74) is 0.651. The summed E-state index contributed by atoms with van der Waals surface area (Å²) in [7, 11) is 0. The third kappa shape index (κ3) is 3.74. The summed E-state index contributed by atoms with van der Waals surface area (Å²) >= 11 is 0. The average molecular weight is 519 g/mol. The fourth-order valence-electron chi connectivity index (χ4n) is 14.0. The van der Waals surface area contributed by atoms with Crippen LogP contribution in [0.5, 0.6) is 11.5 Å². The van der Waals surface area contributed by atoms with E-state index in [1.807, 2.05) is 0 Å². The van der Waals surface area contributed by atoms with E-state index in [9.17, 15) is 9.59 Å². The number of carbonyl (C=O) groups excluding carboxylic acids is 2. The molecule has 8 bridgehead atoms. The number of carbonyl (C=O) groups is 2. The quantitative estimate of drug-likeness (QED) is 0.297. The van der Waals surface area contributed by atoms with Crippen LogP contribution in [0, 0.1) is 43.3 Å². The Balaban J connectivity index is 1.06. The summed E-state index contributed by atoms with van der Waals surface area (Å²) in [4.78, 5) is 27.4. The van der Waals surface area contributed by atoms with Gasteiger partial charge in [0.1, 0.15) is 11.5 Å². The standard InChI is InChI=1S/C34H46O4/c1-27-11-28(2)13-29(3,12-27)19-33(17-27,18-28)25(35)37-23-7-9-24(10-8-23)38-26(36)34-20-30(4)14-31(5,21-34)16-32(6,15-30)22-34/h7-10H,11-22H2,1-6H3. The van der Waals surface area contributed by atoms with Crippen LogP contribution in [-0.4, -0.2) is 11.9 Å². The van der Waals surface area contributed by atoms with Crippen molar-refractivity contribution in [1.82, 2.24) is 0 Å². The minimum Gasteiger partial charge on any atom is -0.426 e. The van der Waals surface area contributed by atoms with Crippen LogP contribution in [0.4, 0.5) is 0 Å². The van der Waals surface area contributed by atoms with Gasteiger partial charge >= 0.3 is 11.9 Å². The Labute approximate surface area is 228 Å². The highest BCUT2D eigenvalue weighted by Crippen LogP contribution is 2.75. The molecule has 0 unspecified atom stereocenters. The number of benzene rings is 1. The van der Waals surface area contributed by atoms with E-state index in [4.69, 9.17) is 9.47 Å². The van der Waals surface area contributed by atoms with Gasteiger partial charge in [0.25, 0.3) is 0 Å². The Morgan fingerprint density at radius 2 is 0.658 bits per heavy atom. The first-order valence-corrected chi connectivity index (χ1v) is 15.0. The molecule has 0 atom stereocenters. The van der Waals surface area contributed by atoms with Crippen LogP contribution in [0.25, 0.3) is 0 Å². The molecular formula is C34H46O4. The van der Waals surface area contributed by atoms with Crippen molar-refractivity contribution in [2.45, 2.75) is 119 Å². The molecule has 8 saturated carbocycles. The molecule has 0 N–H and O–H groups in total. The summed E-state index contributed by atoms with van der Waals surface area (Å²) in [6, 6.07) is 7.21. The van der Waals surface area contributed by atoms with Gasteiger partial charge < -0.3 is 9.47 Å². The van der Waals surface area contributed by atoms with Gasteiger partial charge in [-0.15, -0.1) is 0 Å². The van der Waals surface area contributed by atoms with Crippen molar-refractivity contribution >= 4 is 11.9 Å². The second kappa shape index (κ2) is 7.07. The highest BCUT2D eigenvalue weighted by Gasteiger charge is 2.68. The van der Waals surface area contributed by atoms with Gasteiger partial charge in [0.15, 0.2) is 0 Å². The van der Waals surface area contributed by atoms with Crippen molar-refractivity contribution in [3.05, 3.63) is 24.3 Å². The van der Waals surface area contributed by atoms with E-state index in [0.29, 0.717) is 11.5 Å². The van der Waals surface area contributed by atoms with E-state index in [2.05, 4.69) is 41.5 Å². The highest BCUT2D eigenvalue weighted by molar-refractivity contribution is 5.81. The Morgan fingerprint density at radius 1 is 0.447 bits per heavy atom.